The molecule has 0 bridgehead atoms. The standard InChI is InChI=1S/C13H18N2O5S/c1-9-8-15(5-6-20-9)12-4-3-10(21(14,17)18)7-11(12)13(16)19-2/h3-4,7,9H,5-6,8H2,1-2H3,(H2,14,17,18)/t9-/m1/s1. The molecule has 21 heavy (non-hydrogen) atoms. The van der Waals surface area contributed by atoms with Gasteiger partial charge in [0.2, 0.25) is 10.0 Å². The van der Waals surface area contributed by atoms with Crippen molar-refractivity contribution in [2.24, 2.45) is 5.14 Å². The van der Waals surface area contributed by atoms with Crippen LogP contribution in [0.1, 0.15) is 17.3 Å². The molecule has 1 aliphatic heterocycles. The Labute approximate surface area is 123 Å². The van der Waals surface area contributed by atoms with Gasteiger partial charge < -0.3 is 14.4 Å². The SMILES string of the molecule is COC(=O)c1cc(S(N)(=O)=O)ccc1N1CCO[C@H](C)C1. The Kier molecular flexibility index (Phi) is 4.50. The number of hydrogen-bond acceptors (Lipinski definition) is 6. The van der Waals surface area contributed by atoms with Gasteiger partial charge >= 0.3 is 5.97 Å². The number of carbonyl (C=O) groups excluding carboxylic acids is 1. The van der Waals surface area contributed by atoms with Crippen LogP contribution in [-0.2, 0) is 19.5 Å². The number of anilines is 1. The van der Waals surface area contributed by atoms with Gasteiger partial charge in [-0.2, -0.15) is 0 Å². The molecule has 0 radical (unpaired) electrons. The van der Waals surface area contributed by atoms with E-state index in [9.17, 15) is 13.2 Å². The van der Waals surface area contributed by atoms with Crippen molar-refractivity contribution in [3.63, 3.8) is 0 Å². The molecule has 1 aromatic rings. The highest BCUT2D eigenvalue weighted by Crippen LogP contribution is 2.26. The number of nitrogens with zero attached hydrogens (tertiary/aromatic N) is 1. The molecule has 0 saturated carbocycles. The van der Waals surface area contributed by atoms with Gasteiger partial charge in [0.25, 0.3) is 0 Å². The molecule has 1 fully saturated rings. The summed E-state index contributed by atoms with van der Waals surface area (Å²) in [6, 6.07) is 4.21. The molecule has 0 aliphatic carbocycles. The zero-order valence-electron chi connectivity index (χ0n) is 11.9. The van der Waals surface area contributed by atoms with Gasteiger partial charge in [-0.05, 0) is 25.1 Å². The van der Waals surface area contributed by atoms with Crippen LogP contribution in [-0.4, -0.2) is 47.3 Å². The van der Waals surface area contributed by atoms with Crippen molar-refractivity contribution >= 4 is 21.7 Å². The van der Waals surface area contributed by atoms with E-state index in [0.717, 1.165) is 0 Å². The lowest BCUT2D eigenvalue weighted by Crippen LogP contribution is -2.41. The number of esters is 1. The fourth-order valence-electron chi connectivity index (χ4n) is 2.28. The van der Waals surface area contributed by atoms with E-state index in [0.29, 0.717) is 25.4 Å². The molecule has 1 heterocycles. The molecule has 0 amide bonds. The summed E-state index contributed by atoms with van der Waals surface area (Å²) in [5.41, 5.74) is 0.794. The van der Waals surface area contributed by atoms with E-state index in [1.807, 2.05) is 11.8 Å². The van der Waals surface area contributed by atoms with Crippen molar-refractivity contribution in [3.05, 3.63) is 23.8 Å². The number of ether oxygens (including phenoxy) is 2. The fraction of sp³-hybridized carbons (Fsp3) is 0.462. The minimum atomic E-state index is -3.88. The number of morpholine rings is 1. The molecular weight excluding hydrogens is 296 g/mol. The lowest BCUT2D eigenvalue weighted by Gasteiger charge is -2.33. The van der Waals surface area contributed by atoms with E-state index in [-0.39, 0.29) is 16.6 Å². The van der Waals surface area contributed by atoms with Gasteiger partial charge in [-0.1, -0.05) is 0 Å². The second-order valence-electron chi connectivity index (χ2n) is 4.84. The van der Waals surface area contributed by atoms with E-state index in [1.54, 1.807) is 6.07 Å². The number of hydrogen-bond donors (Lipinski definition) is 1. The lowest BCUT2D eigenvalue weighted by atomic mass is 10.1. The fourth-order valence-corrected chi connectivity index (χ4v) is 2.82. The van der Waals surface area contributed by atoms with Crippen molar-refractivity contribution < 1.29 is 22.7 Å². The van der Waals surface area contributed by atoms with E-state index in [2.05, 4.69) is 0 Å². The van der Waals surface area contributed by atoms with Crippen LogP contribution >= 0.6 is 0 Å². The highest BCUT2D eigenvalue weighted by Gasteiger charge is 2.24. The molecule has 0 unspecified atom stereocenters. The van der Waals surface area contributed by atoms with Gasteiger partial charge in [0.05, 0.1) is 36.0 Å². The summed E-state index contributed by atoms with van der Waals surface area (Å²) in [4.78, 5) is 13.8. The second-order valence-corrected chi connectivity index (χ2v) is 6.40. The van der Waals surface area contributed by atoms with Crippen molar-refractivity contribution in [1.29, 1.82) is 0 Å². The molecule has 0 aromatic heterocycles. The first-order valence-electron chi connectivity index (χ1n) is 6.44. The smallest absolute Gasteiger partial charge is 0.340 e. The molecule has 8 heteroatoms. The van der Waals surface area contributed by atoms with E-state index >= 15 is 0 Å². The predicted octanol–water partition coefficient (Wildman–Crippen LogP) is 0.346. The quantitative estimate of drug-likeness (QED) is 0.808. The number of nitrogens with two attached hydrogens (primary N) is 1. The minimum Gasteiger partial charge on any atom is -0.465 e. The van der Waals surface area contributed by atoms with Crippen LogP contribution < -0.4 is 10.0 Å². The van der Waals surface area contributed by atoms with E-state index in [1.165, 1.54) is 19.2 Å². The molecule has 1 aliphatic rings. The van der Waals surface area contributed by atoms with Gasteiger partial charge in [-0.15, -0.1) is 0 Å². The molecule has 2 N–H and O–H groups in total. The summed E-state index contributed by atoms with van der Waals surface area (Å²) in [6.45, 7) is 3.70. The number of carbonyl (C=O) groups is 1. The van der Waals surface area contributed by atoms with E-state index < -0.39 is 16.0 Å². The Bertz CT molecular complexity index is 644. The molecule has 1 aromatic carbocycles. The summed E-state index contributed by atoms with van der Waals surface area (Å²) in [5.74, 6) is -0.602. The largest absolute Gasteiger partial charge is 0.465 e. The summed E-state index contributed by atoms with van der Waals surface area (Å²) in [5, 5.41) is 5.10. The number of methoxy groups -OCH3 is 1. The highest BCUT2D eigenvalue weighted by atomic mass is 32.2. The molecule has 7 nitrogen and oxygen atoms in total. The van der Waals surface area contributed by atoms with Gasteiger partial charge in [0.1, 0.15) is 0 Å². The van der Waals surface area contributed by atoms with Gasteiger partial charge in [0.15, 0.2) is 0 Å². The first-order valence-corrected chi connectivity index (χ1v) is 7.99. The first kappa shape index (κ1) is 15.7. The molecule has 2 rings (SSSR count). The van der Waals surface area contributed by atoms with Crippen molar-refractivity contribution in [3.8, 4) is 0 Å². The summed E-state index contributed by atoms with van der Waals surface area (Å²) < 4.78 is 33.0. The third-order valence-electron chi connectivity index (χ3n) is 3.28. The van der Waals surface area contributed by atoms with Gasteiger partial charge in [0, 0.05) is 13.1 Å². The predicted molar refractivity (Wildman–Crippen MR) is 76.8 cm³/mol. The van der Waals surface area contributed by atoms with Gasteiger partial charge in [-0.3, -0.25) is 0 Å². The van der Waals surface area contributed by atoms with Crippen molar-refractivity contribution in [2.75, 3.05) is 31.7 Å². The summed E-state index contributed by atoms with van der Waals surface area (Å²) >= 11 is 0. The Morgan fingerprint density at radius 1 is 1.48 bits per heavy atom. The molecule has 1 atom stereocenters. The Morgan fingerprint density at radius 2 is 2.19 bits per heavy atom. The Balaban J connectivity index is 2.47. The van der Waals surface area contributed by atoms with Gasteiger partial charge in [-0.25, -0.2) is 18.4 Å². The van der Waals surface area contributed by atoms with Crippen LogP contribution in [0.5, 0.6) is 0 Å². The van der Waals surface area contributed by atoms with Crippen LogP contribution in [0.2, 0.25) is 0 Å². The molecular formula is C13H18N2O5S. The Hall–Kier alpha value is -1.64. The maximum absolute atomic E-state index is 11.9. The number of rotatable bonds is 3. The molecule has 0 spiro atoms. The van der Waals surface area contributed by atoms with Crippen LogP contribution in [0.25, 0.3) is 0 Å². The Morgan fingerprint density at radius 3 is 2.76 bits per heavy atom. The zero-order valence-corrected chi connectivity index (χ0v) is 12.7. The summed E-state index contributed by atoms with van der Waals surface area (Å²) in [6.07, 6.45) is 0.0298. The van der Waals surface area contributed by atoms with Crippen LogP contribution in [0, 0.1) is 0 Å². The number of sulfonamides is 1. The summed E-state index contributed by atoms with van der Waals surface area (Å²) in [7, 11) is -2.63. The average molecular weight is 314 g/mol. The maximum Gasteiger partial charge on any atom is 0.340 e. The van der Waals surface area contributed by atoms with Crippen LogP contribution in [0.15, 0.2) is 23.1 Å². The third-order valence-corrected chi connectivity index (χ3v) is 4.19. The maximum atomic E-state index is 11.9. The zero-order chi connectivity index (χ0) is 15.6. The number of primary sulfonamides is 1. The number of benzene rings is 1. The monoisotopic (exact) mass is 314 g/mol. The van der Waals surface area contributed by atoms with Crippen molar-refractivity contribution in [2.45, 2.75) is 17.9 Å². The highest BCUT2D eigenvalue weighted by molar-refractivity contribution is 7.89. The minimum absolute atomic E-state index is 0.0298. The lowest BCUT2D eigenvalue weighted by molar-refractivity contribution is 0.0522. The van der Waals surface area contributed by atoms with Crippen LogP contribution in [0.3, 0.4) is 0 Å². The average Bonchev–Trinajstić information content (AvgIpc) is 2.45. The second kappa shape index (κ2) is 6.00. The normalized spacial score (nSPS) is 19.4. The van der Waals surface area contributed by atoms with Crippen molar-refractivity contribution in [1.82, 2.24) is 0 Å². The first-order chi connectivity index (χ1) is 9.82. The third kappa shape index (κ3) is 3.52. The van der Waals surface area contributed by atoms with E-state index in [4.69, 9.17) is 14.6 Å². The van der Waals surface area contributed by atoms with Crippen LogP contribution in [0.4, 0.5) is 5.69 Å². The topological polar surface area (TPSA) is 98.9 Å². The molecule has 1 saturated heterocycles. The molecule has 116 valence electrons.